The first kappa shape index (κ1) is 18.8. The SMILES string of the molecule is CC(=O)c1c(C)[nH]c(C(=O)COC(=O)c2ccc3nc(Cl)ccc3c2)c1C. The standard InChI is InChI=1S/C20H17ClN2O4/c1-10-18(12(3)24)11(2)22-19(10)16(25)9-27-20(26)14-4-6-15-13(8-14)5-7-17(21)23-15/h4-8,22H,9H2,1-3H3. The number of benzene rings is 1. The van der Waals surface area contributed by atoms with E-state index in [2.05, 4.69) is 9.97 Å². The molecule has 0 unspecified atom stereocenters. The molecule has 27 heavy (non-hydrogen) atoms. The number of pyridine rings is 1. The van der Waals surface area contributed by atoms with Crippen molar-refractivity contribution in [2.75, 3.05) is 6.61 Å². The van der Waals surface area contributed by atoms with E-state index in [0.29, 0.717) is 33.1 Å². The van der Waals surface area contributed by atoms with Crippen molar-refractivity contribution in [3.8, 4) is 0 Å². The van der Waals surface area contributed by atoms with Gasteiger partial charge in [-0.25, -0.2) is 9.78 Å². The number of carbonyl (C=O) groups excluding carboxylic acids is 3. The van der Waals surface area contributed by atoms with Crippen LogP contribution in [-0.4, -0.2) is 34.1 Å². The van der Waals surface area contributed by atoms with Crippen LogP contribution in [0, 0.1) is 13.8 Å². The number of H-pyrrole nitrogens is 1. The minimum Gasteiger partial charge on any atom is -0.454 e. The second-order valence-electron chi connectivity index (χ2n) is 6.22. The molecule has 0 aliphatic heterocycles. The number of esters is 1. The average Bonchev–Trinajstić information content (AvgIpc) is 2.93. The summed E-state index contributed by atoms with van der Waals surface area (Å²) in [5.74, 6) is -1.14. The third-order valence-electron chi connectivity index (χ3n) is 4.29. The molecule has 0 atom stereocenters. The molecule has 0 aliphatic rings. The Hall–Kier alpha value is -2.99. The Morgan fingerprint density at radius 2 is 1.89 bits per heavy atom. The molecule has 0 fully saturated rings. The quantitative estimate of drug-likeness (QED) is 0.407. The van der Waals surface area contributed by atoms with Crippen LogP contribution in [0.4, 0.5) is 0 Å². The van der Waals surface area contributed by atoms with Crippen LogP contribution in [-0.2, 0) is 4.74 Å². The van der Waals surface area contributed by atoms with Gasteiger partial charge in [0.25, 0.3) is 0 Å². The number of rotatable bonds is 5. The van der Waals surface area contributed by atoms with Crippen molar-refractivity contribution >= 4 is 40.0 Å². The Bertz CT molecular complexity index is 1090. The minimum absolute atomic E-state index is 0.123. The number of halogens is 1. The van der Waals surface area contributed by atoms with E-state index in [1.54, 1.807) is 44.2 Å². The molecule has 138 valence electrons. The fourth-order valence-electron chi connectivity index (χ4n) is 3.07. The molecule has 0 amide bonds. The summed E-state index contributed by atoms with van der Waals surface area (Å²) in [4.78, 5) is 43.4. The van der Waals surface area contributed by atoms with E-state index in [4.69, 9.17) is 16.3 Å². The predicted octanol–water partition coefficient (Wildman–Crippen LogP) is 4.08. The Morgan fingerprint density at radius 3 is 2.56 bits per heavy atom. The normalized spacial score (nSPS) is 10.8. The zero-order chi connectivity index (χ0) is 19.7. The van der Waals surface area contributed by atoms with Gasteiger partial charge in [-0.1, -0.05) is 11.6 Å². The van der Waals surface area contributed by atoms with Gasteiger partial charge in [0, 0.05) is 16.6 Å². The Labute approximate surface area is 160 Å². The molecule has 1 aromatic carbocycles. The molecule has 7 heteroatoms. The summed E-state index contributed by atoms with van der Waals surface area (Å²) in [7, 11) is 0. The van der Waals surface area contributed by atoms with Crippen LogP contribution in [0.5, 0.6) is 0 Å². The molecule has 1 N–H and O–H groups in total. The summed E-state index contributed by atoms with van der Waals surface area (Å²) < 4.78 is 5.14. The molecule has 0 aliphatic carbocycles. The van der Waals surface area contributed by atoms with Gasteiger partial charge in [0.1, 0.15) is 5.15 Å². The number of nitrogens with one attached hydrogen (secondary N) is 1. The fraction of sp³-hybridized carbons (Fsp3) is 0.200. The molecule has 0 spiro atoms. The summed E-state index contributed by atoms with van der Waals surface area (Å²) in [6.07, 6.45) is 0. The number of hydrogen-bond acceptors (Lipinski definition) is 5. The van der Waals surface area contributed by atoms with Crippen molar-refractivity contribution in [1.82, 2.24) is 9.97 Å². The summed E-state index contributed by atoms with van der Waals surface area (Å²) in [5.41, 5.74) is 2.92. The number of hydrogen-bond donors (Lipinski definition) is 1. The van der Waals surface area contributed by atoms with Crippen molar-refractivity contribution in [3.05, 3.63) is 63.6 Å². The fourth-order valence-corrected chi connectivity index (χ4v) is 3.23. The smallest absolute Gasteiger partial charge is 0.338 e. The first-order valence-electron chi connectivity index (χ1n) is 8.24. The number of fused-ring (bicyclic) bond motifs is 1. The van der Waals surface area contributed by atoms with Crippen LogP contribution in [0.2, 0.25) is 5.15 Å². The highest BCUT2D eigenvalue weighted by Crippen LogP contribution is 2.20. The topological polar surface area (TPSA) is 89.1 Å². The number of aromatic amines is 1. The molecule has 2 aromatic heterocycles. The van der Waals surface area contributed by atoms with E-state index in [-0.39, 0.29) is 11.5 Å². The van der Waals surface area contributed by atoms with Gasteiger partial charge in [0.15, 0.2) is 12.4 Å². The average molecular weight is 385 g/mol. The molecule has 3 aromatic rings. The maximum atomic E-state index is 12.4. The maximum absolute atomic E-state index is 12.4. The molecule has 0 saturated heterocycles. The molecule has 0 saturated carbocycles. The molecule has 3 rings (SSSR count). The lowest BCUT2D eigenvalue weighted by atomic mass is 10.1. The number of Topliss-reactive ketones (excluding diaryl/α,β-unsaturated/α-hetero) is 2. The monoisotopic (exact) mass is 384 g/mol. The summed E-state index contributed by atoms with van der Waals surface area (Å²) in [6.45, 7) is 4.44. The van der Waals surface area contributed by atoms with Crippen LogP contribution < -0.4 is 0 Å². The van der Waals surface area contributed by atoms with Gasteiger partial charge in [0.05, 0.1) is 16.8 Å². The van der Waals surface area contributed by atoms with E-state index in [9.17, 15) is 14.4 Å². The third-order valence-corrected chi connectivity index (χ3v) is 4.50. The van der Waals surface area contributed by atoms with Crippen LogP contribution in [0.15, 0.2) is 30.3 Å². The first-order chi connectivity index (χ1) is 12.8. The van der Waals surface area contributed by atoms with E-state index in [1.807, 2.05) is 0 Å². The maximum Gasteiger partial charge on any atom is 0.338 e. The lowest BCUT2D eigenvalue weighted by Gasteiger charge is -2.06. The second-order valence-corrected chi connectivity index (χ2v) is 6.61. The second kappa shape index (κ2) is 7.32. The van der Waals surface area contributed by atoms with Crippen molar-refractivity contribution in [2.24, 2.45) is 0 Å². The lowest BCUT2D eigenvalue weighted by Crippen LogP contribution is -2.15. The highest BCUT2D eigenvalue weighted by Gasteiger charge is 2.21. The van der Waals surface area contributed by atoms with Gasteiger partial charge >= 0.3 is 5.97 Å². The number of aryl methyl sites for hydroxylation is 1. The van der Waals surface area contributed by atoms with Gasteiger partial charge in [-0.3, -0.25) is 9.59 Å². The summed E-state index contributed by atoms with van der Waals surface area (Å²) >= 11 is 5.84. The number of ether oxygens (including phenoxy) is 1. The Morgan fingerprint density at radius 1 is 1.15 bits per heavy atom. The summed E-state index contributed by atoms with van der Waals surface area (Å²) in [6, 6.07) is 8.24. The molecule has 0 bridgehead atoms. The van der Waals surface area contributed by atoms with Gasteiger partial charge in [-0.2, -0.15) is 0 Å². The van der Waals surface area contributed by atoms with E-state index in [1.165, 1.54) is 6.92 Å². The third kappa shape index (κ3) is 3.75. The number of carbonyl (C=O) groups is 3. The minimum atomic E-state index is -0.618. The van der Waals surface area contributed by atoms with E-state index in [0.717, 1.165) is 5.39 Å². The van der Waals surface area contributed by atoms with Crippen LogP contribution in [0.3, 0.4) is 0 Å². The molecule has 2 heterocycles. The highest BCUT2D eigenvalue weighted by atomic mass is 35.5. The molecule has 6 nitrogen and oxygen atoms in total. The number of aromatic nitrogens is 2. The largest absolute Gasteiger partial charge is 0.454 e. The van der Waals surface area contributed by atoms with Crippen molar-refractivity contribution in [2.45, 2.75) is 20.8 Å². The van der Waals surface area contributed by atoms with Gasteiger partial charge < -0.3 is 9.72 Å². The van der Waals surface area contributed by atoms with Gasteiger partial charge in [-0.05, 0) is 56.7 Å². The molecular formula is C20H17ClN2O4. The number of nitrogens with zero attached hydrogens (tertiary/aromatic N) is 1. The number of ketones is 2. The van der Waals surface area contributed by atoms with Crippen molar-refractivity contribution in [3.63, 3.8) is 0 Å². The van der Waals surface area contributed by atoms with Gasteiger partial charge in [-0.15, -0.1) is 0 Å². The molecular weight excluding hydrogens is 368 g/mol. The Balaban J connectivity index is 1.74. The van der Waals surface area contributed by atoms with Gasteiger partial charge in [0.2, 0.25) is 5.78 Å². The van der Waals surface area contributed by atoms with E-state index < -0.39 is 18.4 Å². The zero-order valence-corrected chi connectivity index (χ0v) is 15.8. The van der Waals surface area contributed by atoms with E-state index >= 15 is 0 Å². The Kier molecular flexibility index (Phi) is 5.10. The summed E-state index contributed by atoms with van der Waals surface area (Å²) in [5, 5.41) is 1.10. The van der Waals surface area contributed by atoms with Crippen LogP contribution in [0.25, 0.3) is 10.9 Å². The first-order valence-corrected chi connectivity index (χ1v) is 8.62. The van der Waals surface area contributed by atoms with Crippen LogP contribution >= 0.6 is 11.6 Å². The highest BCUT2D eigenvalue weighted by molar-refractivity contribution is 6.29. The van der Waals surface area contributed by atoms with Crippen molar-refractivity contribution in [1.29, 1.82) is 0 Å². The zero-order valence-electron chi connectivity index (χ0n) is 15.1. The molecule has 0 radical (unpaired) electrons. The van der Waals surface area contributed by atoms with Crippen LogP contribution in [0.1, 0.15) is 49.4 Å². The lowest BCUT2D eigenvalue weighted by molar-refractivity contribution is 0.0473. The van der Waals surface area contributed by atoms with Crippen molar-refractivity contribution < 1.29 is 19.1 Å². The predicted molar refractivity (Wildman–Crippen MR) is 102 cm³/mol.